The average Bonchev–Trinajstić information content (AvgIpc) is 2.94. The van der Waals surface area contributed by atoms with Crippen LogP contribution in [0.1, 0.15) is 23.1 Å². The predicted molar refractivity (Wildman–Crippen MR) is 93.2 cm³/mol. The van der Waals surface area contributed by atoms with Gasteiger partial charge in [-0.2, -0.15) is 0 Å². The maximum absolute atomic E-state index is 2.52. The van der Waals surface area contributed by atoms with Crippen LogP contribution in [0.25, 0.3) is 16.7 Å². The molecule has 0 radical (unpaired) electrons. The topological polar surface area (TPSA) is 0 Å². The van der Waals surface area contributed by atoms with E-state index in [4.69, 9.17) is 0 Å². The van der Waals surface area contributed by atoms with Gasteiger partial charge in [0.1, 0.15) is 8.07 Å². The first-order valence-electron chi connectivity index (χ1n) is 7.83. The van der Waals surface area contributed by atoms with Gasteiger partial charge in [-0.05, 0) is 51.4 Å². The molecule has 0 bridgehead atoms. The number of allylic oxidation sites excluding steroid dienone is 4. The molecule has 0 N–H and O–H groups in total. The first-order chi connectivity index (χ1) is 10.2. The Morgan fingerprint density at radius 3 is 2.71 bits per heavy atom. The minimum absolute atomic E-state index is 1.11. The first-order valence-corrected chi connectivity index (χ1v) is 10.8. The molecule has 0 fully saturated rings. The number of hydrogen-bond acceptors (Lipinski definition) is 0. The summed E-state index contributed by atoms with van der Waals surface area (Å²) in [5, 5.41) is 3.43. The zero-order chi connectivity index (χ0) is 14.2. The van der Waals surface area contributed by atoms with Gasteiger partial charge in [0.2, 0.25) is 0 Å². The van der Waals surface area contributed by atoms with Crippen molar-refractivity contribution in [2.75, 3.05) is 0 Å². The molecule has 3 aliphatic rings. The second-order valence-corrected chi connectivity index (χ2v) is 11.3. The zero-order valence-electron chi connectivity index (χ0n) is 12.5. The molecule has 2 aliphatic carbocycles. The third kappa shape index (κ3) is 1.40. The Hall–Kier alpha value is -1.86. The maximum Gasteiger partial charge on any atom is 0.112 e. The summed E-state index contributed by atoms with van der Waals surface area (Å²) in [5.74, 6) is 0. The summed E-state index contributed by atoms with van der Waals surface area (Å²) < 4.78 is 0. The maximum atomic E-state index is 2.52. The van der Waals surface area contributed by atoms with E-state index in [1.165, 1.54) is 16.7 Å². The van der Waals surface area contributed by atoms with Crippen LogP contribution in [0.4, 0.5) is 0 Å². The second-order valence-electron chi connectivity index (χ2n) is 6.98. The van der Waals surface area contributed by atoms with E-state index in [1.807, 2.05) is 0 Å². The average molecular weight is 286 g/mol. The minimum atomic E-state index is -1.24. The van der Waals surface area contributed by atoms with Gasteiger partial charge in [0.15, 0.2) is 0 Å². The Balaban J connectivity index is 1.82. The van der Waals surface area contributed by atoms with Crippen molar-refractivity contribution in [3.63, 3.8) is 0 Å². The van der Waals surface area contributed by atoms with E-state index >= 15 is 0 Å². The largest absolute Gasteiger partial charge is 0.112 e. The Labute approximate surface area is 126 Å². The van der Waals surface area contributed by atoms with Crippen molar-refractivity contribution in [1.29, 1.82) is 0 Å². The van der Waals surface area contributed by atoms with Crippen LogP contribution in [0.3, 0.4) is 0 Å². The quantitative estimate of drug-likeness (QED) is 0.598. The van der Waals surface area contributed by atoms with Crippen LogP contribution in [0.15, 0.2) is 48.6 Å². The number of hydrogen-bond donors (Lipinski definition) is 0. The summed E-state index contributed by atoms with van der Waals surface area (Å²) in [6.45, 7) is 5.01. The Kier molecular flexibility index (Phi) is 2.05. The molecule has 0 spiro atoms. The van der Waals surface area contributed by atoms with Crippen molar-refractivity contribution in [2.24, 2.45) is 0 Å². The fourth-order valence-electron chi connectivity index (χ4n) is 4.25. The van der Waals surface area contributed by atoms with Gasteiger partial charge in [0.05, 0.1) is 0 Å². The summed E-state index contributed by atoms with van der Waals surface area (Å²) in [4.78, 5) is 0. The van der Waals surface area contributed by atoms with Crippen LogP contribution in [0.2, 0.25) is 13.1 Å². The van der Waals surface area contributed by atoms with Crippen LogP contribution in [0, 0.1) is 0 Å². The third-order valence-corrected chi connectivity index (χ3v) is 8.70. The molecule has 0 unspecified atom stereocenters. The monoisotopic (exact) mass is 286 g/mol. The SMILES string of the molecule is C[Si]1(C)c2cc3c(c(C4=CC=CC4)c21)Cc1ccccc1-3. The van der Waals surface area contributed by atoms with Gasteiger partial charge in [-0.3, -0.25) is 0 Å². The molecule has 5 rings (SSSR count). The van der Waals surface area contributed by atoms with Crippen molar-refractivity contribution >= 4 is 24.0 Å². The zero-order valence-corrected chi connectivity index (χ0v) is 13.5. The van der Waals surface area contributed by atoms with Crippen molar-refractivity contribution in [3.8, 4) is 11.1 Å². The van der Waals surface area contributed by atoms with E-state index < -0.39 is 8.07 Å². The highest BCUT2D eigenvalue weighted by atomic mass is 28.3. The van der Waals surface area contributed by atoms with E-state index in [-0.39, 0.29) is 0 Å². The van der Waals surface area contributed by atoms with Crippen LogP contribution in [-0.4, -0.2) is 8.07 Å². The lowest BCUT2D eigenvalue weighted by Gasteiger charge is -2.10. The van der Waals surface area contributed by atoms with Gasteiger partial charge >= 0.3 is 0 Å². The molecule has 0 amide bonds. The highest BCUT2D eigenvalue weighted by molar-refractivity contribution is 7.16. The van der Waals surface area contributed by atoms with Gasteiger partial charge in [-0.25, -0.2) is 0 Å². The second kappa shape index (κ2) is 3.66. The Morgan fingerprint density at radius 1 is 1.05 bits per heavy atom. The number of benzene rings is 2. The van der Waals surface area contributed by atoms with Crippen molar-refractivity contribution in [1.82, 2.24) is 0 Å². The highest BCUT2D eigenvalue weighted by Gasteiger charge is 2.48. The summed E-state index contributed by atoms with van der Waals surface area (Å²) in [6.07, 6.45) is 9.08. The molecule has 0 atom stereocenters. The van der Waals surface area contributed by atoms with Crippen LogP contribution in [0.5, 0.6) is 0 Å². The molecule has 2 aromatic carbocycles. The molecule has 1 heteroatoms. The molecule has 1 heterocycles. The van der Waals surface area contributed by atoms with Gasteiger partial charge in [0, 0.05) is 0 Å². The van der Waals surface area contributed by atoms with Crippen molar-refractivity contribution in [3.05, 3.63) is 65.3 Å². The molecule has 2 aromatic rings. The molecule has 0 aromatic heterocycles. The molecule has 21 heavy (non-hydrogen) atoms. The lowest BCUT2D eigenvalue weighted by molar-refractivity contribution is 1.25. The molecular weight excluding hydrogens is 268 g/mol. The Morgan fingerprint density at radius 2 is 1.90 bits per heavy atom. The minimum Gasteiger partial charge on any atom is -0.0801 e. The molecule has 0 nitrogen and oxygen atoms in total. The lowest BCUT2D eigenvalue weighted by atomic mass is 9.95. The fourth-order valence-corrected chi connectivity index (χ4v) is 7.64. The molecule has 0 saturated carbocycles. The van der Waals surface area contributed by atoms with Crippen LogP contribution >= 0.6 is 0 Å². The van der Waals surface area contributed by atoms with Gasteiger partial charge in [0.25, 0.3) is 0 Å². The fraction of sp³-hybridized carbons (Fsp3) is 0.200. The molecular formula is C20H18Si. The first kappa shape index (κ1) is 11.8. The number of rotatable bonds is 1. The van der Waals surface area contributed by atoms with Crippen LogP contribution < -0.4 is 10.4 Å². The van der Waals surface area contributed by atoms with Crippen molar-refractivity contribution < 1.29 is 0 Å². The van der Waals surface area contributed by atoms with Gasteiger partial charge in [-0.1, -0.05) is 66.8 Å². The van der Waals surface area contributed by atoms with E-state index in [0.29, 0.717) is 0 Å². The smallest absolute Gasteiger partial charge is 0.0801 e. The predicted octanol–water partition coefficient (Wildman–Crippen LogP) is 3.74. The van der Waals surface area contributed by atoms with Crippen LogP contribution in [-0.2, 0) is 6.42 Å². The highest BCUT2D eigenvalue weighted by Crippen LogP contribution is 2.43. The molecule has 102 valence electrons. The van der Waals surface area contributed by atoms with E-state index in [1.54, 1.807) is 27.1 Å². The molecule has 0 saturated heterocycles. The van der Waals surface area contributed by atoms with E-state index in [2.05, 4.69) is 61.7 Å². The van der Waals surface area contributed by atoms with E-state index in [9.17, 15) is 0 Å². The number of fused-ring (bicyclic) bond motifs is 4. The Bertz CT molecular complexity index is 866. The van der Waals surface area contributed by atoms with Crippen molar-refractivity contribution in [2.45, 2.75) is 25.9 Å². The lowest BCUT2D eigenvalue weighted by Crippen LogP contribution is -2.19. The summed E-state index contributed by atoms with van der Waals surface area (Å²) in [7, 11) is -1.24. The summed E-state index contributed by atoms with van der Waals surface area (Å²) >= 11 is 0. The van der Waals surface area contributed by atoms with Gasteiger partial charge < -0.3 is 0 Å². The third-order valence-electron chi connectivity index (χ3n) is 5.44. The summed E-state index contributed by atoms with van der Waals surface area (Å²) in [5.41, 5.74) is 9.27. The standard InChI is InChI=1S/C20H18Si/c1-21(2)18-12-16-15-10-6-5-9-14(15)11-17(16)19(20(18)21)13-7-3-4-8-13/h3-7,9-10,12H,8,11H2,1-2H3. The van der Waals surface area contributed by atoms with Gasteiger partial charge in [-0.15, -0.1) is 0 Å². The normalized spacial score (nSPS) is 19.0. The van der Waals surface area contributed by atoms with E-state index in [0.717, 1.165) is 12.8 Å². The molecule has 1 aliphatic heterocycles. The summed E-state index contributed by atoms with van der Waals surface area (Å²) in [6, 6.07) is 11.5.